The molecule has 0 atom stereocenters. The molecule has 2 aromatic carbocycles. The summed E-state index contributed by atoms with van der Waals surface area (Å²) in [5.41, 5.74) is 8.15. The topological polar surface area (TPSA) is 73.6 Å². The van der Waals surface area contributed by atoms with Crippen LogP contribution in [0.2, 0.25) is 0 Å². The molecule has 0 spiro atoms. The van der Waals surface area contributed by atoms with E-state index in [1.165, 1.54) is 0 Å². The van der Waals surface area contributed by atoms with Crippen molar-refractivity contribution in [2.75, 3.05) is 24.8 Å². The Morgan fingerprint density at radius 3 is 2.52 bits per heavy atom. The Kier molecular flexibility index (Phi) is 4.66. The van der Waals surface area contributed by atoms with Crippen molar-refractivity contribution < 1.29 is 14.3 Å². The number of anilines is 3. The molecule has 0 saturated heterocycles. The summed E-state index contributed by atoms with van der Waals surface area (Å²) in [7, 11) is 1.61. The summed E-state index contributed by atoms with van der Waals surface area (Å²) in [6, 6.07) is 12.5. The number of nitrogens with two attached hydrogens (primary N) is 1. The van der Waals surface area contributed by atoms with Gasteiger partial charge in [0.25, 0.3) is 0 Å². The van der Waals surface area contributed by atoms with Crippen molar-refractivity contribution in [1.82, 2.24) is 0 Å². The van der Waals surface area contributed by atoms with Gasteiger partial charge in [0.05, 0.1) is 25.0 Å². The molecule has 3 N–H and O–H groups in total. The molecular formula is C16H18N2O3. The molecule has 5 nitrogen and oxygen atoms in total. The Labute approximate surface area is 123 Å². The minimum Gasteiger partial charge on any atom is -0.497 e. The fourth-order valence-electron chi connectivity index (χ4n) is 1.88. The third kappa shape index (κ3) is 3.66. The van der Waals surface area contributed by atoms with Gasteiger partial charge >= 0.3 is 5.97 Å². The van der Waals surface area contributed by atoms with E-state index < -0.39 is 5.97 Å². The molecule has 0 aliphatic rings. The lowest BCUT2D eigenvalue weighted by Crippen LogP contribution is -2.08. The summed E-state index contributed by atoms with van der Waals surface area (Å²) in [6.45, 7) is 2.08. The predicted octanol–water partition coefficient (Wildman–Crippen LogP) is 3.20. The standard InChI is InChI=1S/C16H18N2O3/c1-3-21-16(19)14-10-11(17)4-9-15(14)18-12-5-7-13(20-2)8-6-12/h4-10,18H,3,17H2,1-2H3. The Morgan fingerprint density at radius 1 is 1.19 bits per heavy atom. The van der Waals surface area contributed by atoms with Crippen molar-refractivity contribution in [3.63, 3.8) is 0 Å². The third-order valence-corrected chi connectivity index (χ3v) is 2.91. The maximum absolute atomic E-state index is 12.0. The number of nitrogens with one attached hydrogen (secondary N) is 1. The largest absolute Gasteiger partial charge is 0.497 e. The lowest BCUT2D eigenvalue weighted by Gasteiger charge is -2.12. The van der Waals surface area contributed by atoms with Crippen LogP contribution in [0.4, 0.5) is 17.1 Å². The summed E-state index contributed by atoms with van der Waals surface area (Å²) < 4.78 is 10.2. The van der Waals surface area contributed by atoms with E-state index in [4.69, 9.17) is 15.2 Å². The number of nitrogen functional groups attached to an aromatic ring is 1. The van der Waals surface area contributed by atoms with Crippen LogP contribution in [0.3, 0.4) is 0 Å². The molecular weight excluding hydrogens is 268 g/mol. The van der Waals surface area contributed by atoms with Crippen LogP contribution in [0.5, 0.6) is 5.75 Å². The SMILES string of the molecule is CCOC(=O)c1cc(N)ccc1Nc1ccc(OC)cc1. The van der Waals surface area contributed by atoms with Crippen LogP contribution >= 0.6 is 0 Å². The smallest absolute Gasteiger partial charge is 0.340 e. The van der Waals surface area contributed by atoms with Gasteiger partial charge in [0.2, 0.25) is 0 Å². The van der Waals surface area contributed by atoms with Gasteiger partial charge < -0.3 is 20.5 Å². The highest BCUT2D eigenvalue weighted by atomic mass is 16.5. The van der Waals surface area contributed by atoms with Crippen LogP contribution in [0.25, 0.3) is 0 Å². The first kappa shape index (κ1) is 14.7. The predicted molar refractivity (Wildman–Crippen MR) is 83.1 cm³/mol. The molecule has 0 aromatic heterocycles. The first-order chi connectivity index (χ1) is 10.1. The van der Waals surface area contributed by atoms with Gasteiger partial charge in [-0.15, -0.1) is 0 Å². The number of carbonyl (C=O) groups is 1. The Balaban J connectivity index is 2.27. The Bertz CT molecular complexity index is 624. The average molecular weight is 286 g/mol. The van der Waals surface area contributed by atoms with Crippen LogP contribution in [0.1, 0.15) is 17.3 Å². The van der Waals surface area contributed by atoms with E-state index in [0.29, 0.717) is 23.5 Å². The molecule has 0 fully saturated rings. The number of hydrogen-bond donors (Lipinski definition) is 2. The molecule has 0 unspecified atom stereocenters. The van der Waals surface area contributed by atoms with E-state index in [2.05, 4.69) is 5.32 Å². The molecule has 0 saturated carbocycles. The summed E-state index contributed by atoms with van der Waals surface area (Å²) in [6.07, 6.45) is 0. The summed E-state index contributed by atoms with van der Waals surface area (Å²) >= 11 is 0. The second-order valence-electron chi connectivity index (χ2n) is 4.38. The fourth-order valence-corrected chi connectivity index (χ4v) is 1.88. The summed E-state index contributed by atoms with van der Waals surface area (Å²) in [5, 5.41) is 3.18. The van der Waals surface area contributed by atoms with Crippen LogP contribution in [0, 0.1) is 0 Å². The maximum Gasteiger partial charge on any atom is 0.340 e. The van der Waals surface area contributed by atoms with Gasteiger partial charge in [-0.1, -0.05) is 0 Å². The second-order valence-corrected chi connectivity index (χ2v) is 4.38. The fraction of sp³-hybridized carbons (Fsp3) is 0.188. The molecule has 0 heterocycles. The van der Waals surface area contributed by atoms with Gasteiger partial charge in [-0.25, -0.2) is 4.79 Å². The number of benzene rings is 2. The van der Waals surface area contributed by atoms with Crippen molar-refractivity contribution in [3.8, 4) is 5.75 Å². The number of esters is 1. The van der Waals surface area contributed by atoms with E-state index in [-0.39, 0.29) is 0 Å². The van der Waals surface area contributed by atoms with Gasteiger partial charge in [0, 0.05) is 11.4 Å². The van der Waals surface area contributed by atoms with Gasteiger partial charge in [-0.05, 0) is 49.4 Å². The van der Waals surface area contributed by atoms with E-state index in [1.54, 1.807) is 32.2 Å². The lowest BCUT2D eigenvalue weighted by molar-refractivity contribution is 0.0527. The highest BCUT2D eigenvalue weighted by molar-refractivity contribution is 5.97. The van der Waals surface area contributed by atoms with Crippen molar-refractivity contribution in [3.05, 3.63) is 48.0 Å². The highest BCUT2D eigenvalue weighted by Gasteiger charge is 2.13. The number of carbonyl (C=O) groups excluding carboxylic acids is 1. The van der Waals surface area contributed by atoms with E-state index in [9.17, 15) is 4.79 Å². The molecule has 2 rings (SSSR count). The molecule has 0 bridgehead atoms. The minimum absolute atomic E-state index is 0.315. The summed E-state index contributed by atoms with van der Waals surface area (Å²) in [5.74, 6) is 0.365. The number of rotatable bonds is 5. The van der Waals surface area contributed by atoms with Crippen LogP contribution in [0.15, 0.2) is 42.5 Å². The molecule has 110 valence electrons. The van der Waals surface area contributed by atoms with Gasteiger partial charge in [0.1, 0.15) is 5.75 Å². The molecule has 0 radical (unpaired) electrons. The van der Waals surface area contributed by atoms with Crippen molar-refractivity contribution in [2.24, 2.45) is 0 Å². The maximum atomic E-state index is 12.0. The number of ether oxygens (including phenoxy) is 2. The quantitative estimate of drug-likeness (QED) is 0.652. The average Bonchev–Trinajstić information content (AvgIpc) is 2.50. The van der Waals surface area contributed by atoms with Gasteiger partial charge in [-0.2, -0.15) is 0 Å². The third-order valence-electron chi connectivity index (χ3n) is 2.91. The minimum atomic E-state index is -0.402. The Hall–Kier alpha value is -2.69. The van der Waals surface area contributed by atoms with E-state index in [0.717, 1.165) is 11.4 Å². The molecule has 0 aliphatic carbocycles. The molecule has 5 heteroatoms. The molecule has 2 aromatic rings. The molecule has 21 heavy (non-hydrogen) atoms. The first-order valence-electron chi connectivity index (χ1n) is 6.61. The zero-order valence-corrected chi connectivity index (χ0v) is 12.1. The first-order valence-corrected chi connectivity index (χ1v) is 6.61. The highest BCUT2D eigenvalue weighted by Crippen LogP contribution is 2.25. The number of hydrogen-bond acceptors (Lipinski definition) is 5. The van der Waals surface area contributed by atoms with Crippen LogP contribution in [-0.4, -0.2) is 19.7 Å². The number of methoxy groups -OCH3 is 1. The van der Waals surface area contributed by atoms with Crippen molar-refractivity contribution >= 4 is 23.0 Å². The zero-order valence-electron chi connectivity index (χ0n) is 12.1. The normalized spacial score (nSPS) is 10.0. The van der Waals surface area contributed by atoms with Gasteiger partial charge in [0.15, 0.2) is 0 Å². The van der Waals surface area contributed by atoms with Crippen LogP contribution < -0.4 is 15.8 Å². The van der Waals surface area contributed by atoms with Crippen molar-refractivity contribution in [2.45, 2.75) is 6.92 Å². The van der Waals surface area contributed by atoms with Gasteiger partial charge in [-0.3, -0.25) is 0 Å². The molecule has 0 amide bonds. The zero-order chi connectivity index (χ0) is 15.2. The van der Waals surface area contributed by atoms with Crippen LogP contribution in [-0.2, 0) is 4.74 Å². The Morgan fingerprint density at radius 2 is 1.90 bits per heavy atom. The summed E-state index contributed by atoms with van der Waals surface area (Å²) in [4.78, 5) is 12.0. The second kappa shape index (κ2) is 6.65. The van der Waals surface area contributed by atoms with E-state index in [1.807, 2.05) is 24.3 Å². The van der Waals surface area contributed by atoms with Crippen molar-refractivity contribution in [1.29, 1.82) is 0 Å². The molecule has 0 aliphatic heterocycles. The lowest BCUT2D eigenvalue weighted by atomic mass is 10.1. The monoisotopic (exact) mass is 286 g/mol. The van der Waals surface area contributed by atoms with E-state index >= 15 is 0 Å².